The van der Waals surface area contributed by atoms with Crippen molar-refractivity contribution >= 4 is 16.9 Å². The molecule has 1 fully saturated rings. The fourth-order valence-electron chi connectivity index (χ4n) is 2.97. The lowest BCUT2D eigenvalue weighted by atomic mass is 10.2. The first kappa shape index (κ1) is 16.4. The van der Waals surface area contributed by atoms with Crippen molar-refractivity contribution < 1.29 is 9.53 Å². The van der Waals surface area contributed by atoms with E-state index in [2.05, 4.69) is 16.9 Å². The zero-order valence-electron chi connectivity index (χ0n) is 14.2. The molecule has 0 N–H and O–H groups in total. The van der Waals surface area contributed by atoms with Gasteiger partial charge in [-0.2, -0.15) is 0 Å². The summed E-state index contributed by atoms with van der Waals surface area (Å²) in [7, 11) is 2.06. The number of likely N-dealkylation sites (N-methyl/N-ethyl adjacent to an activating group) is 1. The highest BCUT2D eigenvalue weighted by molar-refractivity contribution is 5.77. The van der Waals surface area contributed by atoms with Crippen LogP contribution in [0.25, 0.3) is 10.9 Å². The summed E-state index contributed by atoms with van der Waals surface area (Å²) >= 11 is 0. The van der Waals surface area contributed by atoms with Gasteiger partial charge >= 0.3 is 5.97 Å². The van der Waals surface area contributed by atoms with Crippen LogP contribution in [0.2, 0.25) is 0 Å². The molecule has 0 bridgehead atoms. The van der Waals surface area contributed by atoms with Crippen molar-refractivity contribution in [2.45, 2.75) is 20.0 Å². The first-order valence-electron chi connectivity index (χ1n) is 8.10. The Balaban J connectivity index is 2.14. The van der Waals surface area contributed by atoms with E-state index in [0.717, 1.165) is 26.2 Å². The molecule has 2 aromatic rings. The standard InChI is InChI=1S/C17H22N4O3/c1-12(24-13(2)22)16-18-15-7-5-4-6-14(15)17(23)21(16)20-10-8-19(3)9-11-20/h4-7,12H,8-11H2,1-3H3/t12-/m0/s1. The van der Waals surface area contributed by atoms with Gasteiger partial charge < -0.3 is 14.6 Å². The van der Waals surface area contributed by atoms with E-state index in [-0.39, 0.29) is 5.56 Å². The Morgan fingerprint density at radius 1 is 1.21 bits per heavy atom. The van der Waals surface area contributed by atoms with Crippen LogP contribution in [0.3, 0.4) is 0 Å². The number of esters is 1. The molecule has 7 heteroatoms. The Morgan fingerprint density at radius 2 is 1.88 bits per heavy atom. The Labute approximate surface area is 140 Å². The molecule has 128 valence electrons. The summed E-state index contributed by atoms with van der Waals surface area (Å²) in [6.07, 6.45) is -0.598. The SMILES string of the molecule is CC(=O)O[C@@H](C)c1nc2ccccc2c(=O)n1N1CCN(C)CC1. The Hall–Kier alpha value is -2.41. The van der Waals surface area contributed by atoms with Crippen molar-refractivity contribution in [3.8, 4) is 0 Å². The minimum atomic E-state index is -0.598. The molecule has 24 heavy (non-hydrogen) atoms. The zero-order valence-corrected chi connectivity index (χ0v) is 14.2. The van der Waals surface area contributed by atoms with Gasteiger partial charge in [0.25, 0.3) is 5.56 Å². The summed E-state index contributed by atoms with van der Waals surface area (Å²) in [6, 6.07) is 7.25. The van der Waals surface area contributed by atoms with Crippen LogP contribution in [0.5, 0.6) is 0 Å². The Kier molecular flexibility index (Phi) is 4.53. The predicted octanol–water partition coefficient (Wildman–Crippen LogP) is 0.904. The van der Waals surface area contributed by atoms with Crippen LogP contribution in [0, 0.1) is 0 Å². The average molecular weight is 330 g/mol. The molecule has 0 unspecified atom stereocenters. The van der Waals surface area contributed by atoms with E-state index in [0.29, 0.717) is 16.7 Å². The molecule has 0 spiro atoms. The maximum absolute atomic E-state index is 13.0. The average Bonchev–Trinajstić information content (AvgIpc) is 2.55. The molecule has 3 rings (SSSR count). The van der Waals surface area contributed by atoms with Crippen LogP contribution >= 0.6 is 0 Å². The lowest BCUT2D eigenvalue weighted by Crippen LogP contribution is -2.54. The third-order valence-electron chi connectivity index (χ3n) is 4.25. The van der Waals surface area contributed by atoms with Gasteiger partial charge in [0.2, 0.25) is 0 Å². The molecule has 1 atom stereocenters. The molecule has 1 aromatic heterocycles. The molecule has 1 saturated heterocycles. The van der Waals surface area contributed by atoms with E-state index in [1.807, 2.05) is 17.1 Å². The topological polar surface area (TPSA) is 67.7 Å². The van der Waals surface area contributed by atoms with Gasteiger partial charge in [-0.15, -0.1) is 0 Å². The molecular weight excluding hydrogens is 308 g/mol. The summed E-state index contributed by atoms with van der Waals surface area (Å²) in [5.74, 6) is 0.0632. The highest BCUT2D eigenvalue weighted by atomic mass is 16.5. The van der Waals surface area contributed by atoms with Crippen LogP contribution in [0.15, 0.2) is 29.1 Å². The number of hydrogen-bond acceptors (Lipinski definition) is 6. The summed E-state index contributed by atoms with van der Waals surface area (Å²) < 4.78 is 6.88. The number of carbonyl (C=O) groups is 1. The van der Waals surface area contributed by atoms with Gasteiger partial charge in [-0.25, -0.2) is 9.66 Å². The molecular formula is C17H22N4O3. The molecule has 0 amide bonds. The summed E-state index contributed by atoms with van der Waals surface area (Å²) in [5.41, 5.74) is 0.487. The number of hydrogen-bond donors (Lipinski definition) is 0. The molecule has 1 aliphatic heterocycles. The highest BCUT2D eigenvalue weighted by Crippen LogP contribution is 2.18. The minimum Gasteiger partial charge on any atom is -0.455 e. The summed E-state index contributed by atoms with van der Waals surface area (Å²) in [4.78, 5) is 31.2. The number of nitrogens with zero attached hydrogens (tertiary/aromatic N) is 4. The quantitative estimate of drug-likeness (QED) is 0.779. The van der Waals surface area contributed by atoms with Gasteiger partial charge in [0.1, 0.15) is 0 Å². The van der Waals surface area contributed by atoms with Crippen molar-refractivity contribution in [2.75, 3.05) is 38.2 Å². The number of carbonyl (C=O) groups excluding carboxylic acids is 1. The predicted molar refractivity (Wildman–Crippen MR) is 91.6 cm³/mol. The van der Waals surface area contributed by atoms with E-state index in [1.54, 1.807) is 23.7 Å². The van der Waals surface area contributed by atoms with Gasteiger partial charge in [0.15, 0.2) is 11.9 Å². The number of aromatic nitrogens is 2. The van der Waals surface area contributed by atoms with E-state index in [4.69, 9.17) is 4.74 Å². The zero-order chi connectivity index (χ0) is 17.3. The second-order valence-electron chi connectivity index (χ2n) is 6.11. The van der Waals surface area contributed by atoms with Crippen LogP contribution in [-0.4, -0.2) is 53.8 Å². The number of piperazine rings is 1. The van der Waals surface area contributed by atoms with Crippen LogP contribution in [0.4, 0.5) is 0 Å². The van der Waals surface area contributed by atoms with E-state index in [1.165, 1.54) is 6.92 Å². The molecule has 0 saturated carbocycles. The first-order chi connectivity index (χ1) is 11.5. The number of ether oxygens (including phenoxy) is 1. The second kappa shape index (κ2) is 6.60. The van der Waals surface area contributed by atoms with Crippen molar-refractivity contribution in [3.63, 3.8) is 0 Å². The van der Waals surface area contributed by atoms with Crippen molar-refractivity contribution in [2.24, 2.45) is 0 Å². The van der Waals surface area contributed by atoms with Gasteiger partial charge in [-0.05, 0) is 26.1 Å². The monoisotopic (exact) mass is 330 g/mol. The number of para-hydroxylation sites is 1. The van der Waals surface area contributed by atoms with Gasteiger partial charge in [-0.1, -0.05) is 12.1 Å². The molecule has 2 heterocycles. The molecule has 1 aromatic carbocycles. The van der Waals surface area contributed by atoms with E-state index < -0.39 is 12.1 Å². The molecule has 1 aliphatic rings. The van der Waals surface area contributed by atoms with Crippen molar-refractivity contribution in [1.82, 2.24) is 14.6 Å². The first-order valence-corrected chi connectivity index (χ1v) is 8.10. The molecule has 0 radical (unpaired) electrons. The van der Waals surface area contributed by atoms with Crippen LogP contribution in [-0.2, 0) is 9.53 Å². The van der Waals surface area contributed by atoms with Crippen molar-refractivity contribution in [3.05, 3.63) is 40.4 Å². The summed E-state index contributed by atoms with van der Waals surface area (Å²) in [6.45, 7) is 6.26. The van der Waals surface area contributed by atoms with Gasteiger partial charge in [0.05, 0.1) is 10.9 Å². The maximum atomic E-state index is 13.0. The summed E-state index contributed by atoms with van der Waals surface area (Å²) in [5, 5.41) is 2.55. The van der Waals surface area contributed by atoms with Gasteiger partial charge in [-0.3, -0.25) is 9.59 Å². The maximum Gasteiger partial charge on any atom is 0.303 e. The van der Waals surface area contributed by atoms with E-state index >= 15 is 0 Å². The number of fused-ring (bicyclic) bond motifs is 1. The lowest BCUT2D eigenvalue weighted by molar-refractivity contribution is -0.146. The number of benzene rings is 1. The van der Waals surface area contributed by atoms with Crippen LogP contribution < -0.4 is 10.6 Å². The third kappa shape index (κ3) is 3.12. The fourth-order valence-corrected chi connectivity index (χ4v) is 2.97. The lowest BCUT2D eigenvalue weighted by Gasteiger charge is -2.36. The van der Waals surface area contributed by atoms with Crippen molar-refractivity contribution in [1.29, 1.82) is 0 Å². The number of rotatable bonds is 3. The van der Waals surface area contributed by atoms with Crippen LogP contribution in [0.1, 0.15) is 25.8 Å². The Bertz CT molecular complexity index is 809. The normalized spacial score (nSPS) is 17.0. The smallest absolute Gasteiger partial charge is 0.303 e. The minimum absolute atomic E-state index is 0.126. The van der Waals surface area contributed by atoms with Gasteiger partial charge in [0, 0.05) is 33.1 Å². The largest absolute Gasteiger partial charge is 0.455 e. The third-order valence-corrected chi connectivity index (χ3v) is 4.25. The molecule has 0 aliphatic carbocycles. The highest BCUT2D eigenvalue weighted by Gasteiger charge is 2.24. The second-order valence-corrected chi connectivity index (χ2v) is 6.11. The van der Waals surface area contributed by atoms with E-state index in [9.17, 15) is 9.59 Å². The Morgan fingerprint density at radius 3 is 2.54 bits per heavy atom. The molecule has 7 nitrogen and oxygen atoms in total. The fraction of sp³-hybridized carbons (Fsp3) is 0.471.